The molecular weight excluding hydrogens is 278 g/mol. The van der Waals surface area contributed by atoms with Gasteiger partial charge in [0, 0.05) is 5.56 Å². The maximum absolute atomic E-state index is 10.9. The van der Waals surface area contributed by atoms with Crippen LogP contribution < -0.4 is 0 Å². The number of benzene rings is 2. The number of carboxylic acid groups (broad SMARTS) is 1. The number of hydrogen-bond acceptors (Lipinski definition) is 3. The number of carboxylic acids is 1. The largest absolute Gasteiger partial charge is 0.478 e. The normalized spacial score (nSPS) is 10.6. The number of hydrogen-bond donors (Lipinski definition) is 1. The van der Waals surface area contributed by atoms with E-state index < -0.39 is 5.97 Å². The number of carbonyl (C=O) groups is 1. The smallest absolute Gasteiger partial charge is 0.335 e. The van der Waals surface area contributed by atoms with Crippen LogP contribution in [-0.4, -0.2) is 26.1 Å². The zero-order chi connectivity index (χ0) is 15.7. The lowest BCUT2D eigenvalue weighted by molar-refractivity contribution is 0.0697. The van der Waals surface area contributed by atoms with Crippen molar-refractivity contribution in [2.24, 2.45) is 0 Å². The van der Waals surface area contributed by atoms with Gasteiger partial charge in [-0.25, -0.2) is 9.48 Å². The molecule has 110 valence electrons. The van der Waals surface area contributed by atoms with E-state index in [1.165, 1.54) is 11.1 Å². The summed E-state index contributed by atoms with van der Waals surface area (Å²) in [7, 11) is 0. The summed E-state index contributed by atoms with van der Waals surface area (Å²) < 4.78 is 1.70. The fraction of sp³-hybridized carbons (Fsp3) is 0.118. The standard InChI is InChI=1S/C17H15N3O2/c1-11-3-4-14(9-12(11)2)16-10-18-19-20(16)15-7-5-13(6-8-15)17(21)22/h3-10H,1-2H3,(H,21,22). The molecule has 0 saturated carbocycles. The molecule has 5 nitrogen and oxygen atoms in total. The summed E-state index contributed by atoms with van der Waals surface area (Å²) in [6.45, 7) is 4.13. The number of nitrogens with zero attached hydrogens (tertiary/aromatic N) is 3. The van der Waals surface area contributed by atoms with Gasteiger partial charge in [0.1, 0.15) is 0 Å². The van der Waals surface area contributed by atoms with E-state index >= 15 is 0 Å². The summed E-state index contributed by atoms with van der Waals surface area (Å²) >= 11 is 0. The highest BCUT2D eigenvalue weighted by molar-refractivity contribution is 5.87. The Morgan fingerprint density at radius 1 is 1.05 bits per heavy atom. The van der Waals surface area contributed by atoms with Gasteiger partial charge in [-0.15, -0.1) is 5.10 Å². The monoisotopic (exact) mass is 293 g/mol. The molecule has 1 heterocycles. The first kappa shape index (κ1) is 14.0. The molecule has 5 heteroatoms. The van der Waals surface area contributed by atoms with Crippen LogP contribution in [0.2, 0.25) is 0 Å². The molecule has 0 saturated heterocycles. The third-order valence-corrected chi connectivity index (χ3v) is 3.71. The molecule has 0 radical (unpaired) electrons. The van der Waals surface area contributed by atoms with Crippen LogP contribution in [0.15, 0.2) is 48.7 Å². The van der Waals surface area contributed by atoms with Gasteiger partial charge in [0.25, 0.3) is 0 Å². The molecule has 1 N–H and O–H groups in total. The zero-order valence-corrected chi connectivity index (χ0v) is 12.3. The minimum absolute atomic E-state index is 0.247. The summed E-state index contributed by atoms with van der Waals surface area (Å²) in [6, 6.07) is 12.8. The second kappa shape index (κ2) is 5.44. The summed E-state index contributed by atoms with van der Waals surface area (Å²) in [4.78, 5) is 10.9. The van der Waals surface area contributed by atoms with Crippen molar-refractivity contribution in [1.29, 1.82) is 0 Å². The maximum atomic E-state index is 10.9. The Balaban J connectivity index is 2.04. The molecule has 0 unspecified atom stereocenters. The first-order valence-electron chi connectivity index (χ1n) is 6.88. The molecule has 0 aliphatic carbocycles. The van der Waals surface area contributed by atoms with Crippen LogP contribution in [0.25, 0.3) is 16.9 Å². The van der Waals surface area contributed by atoms with Crippen LogP contribution in [0, 0.1) is 13.8 Å². The molecule has 0 fully saturated rings. The summed E-state index contributed by atoms with van der Waals surface area (Å²) in [5.41, 5.74) is 5.34. The average Bonchev–Trinajstić information content (AvgIpc) is 2.99. The molecule has 3 aromatic rings. The van der Waals surface area contributed by atoms with Crippen LogP contribution >= 0.6 is 0 Å². The highest BCUT2D eigenvalue weighted by Gasteiger charge is 2.10. The molecule has 0 aliphatic heterocycles. The Bertz CT molecular complexity index is 835. The fourth-order valence-electron chi connectivity index (χ4n) is 2.27. The third-order valence-electron chi connectivity index (χ3n) is 3.71. The van der Waals surface area contributed by atoms with Crippen LogP contribution in [0.1, 0.15) is 21.5 Å². The van der Waals surface area contributed by atoms with Crippen molar-refractivity contribution < 1.29 is 9.90 Å². The summed E-state index contributed by atoms with van der Waals surface area (Å²) in [5, 5.41) is 17.1. The van der Waals surface area contributed by atoms with E-state index in [2.05, 4.69) is 36.3 Å². The predicted molar refractivity (Wildman–Crippen MR) is 83.2 cm³/mol. The van der Waals surface area contributed by atoms with Gasteiger partial charge in [-0.1, -0.05) is 17.3 Å². The van der Waals surface area contributed by atoms with Gasteiger partial charge < -0.3 is 5.11 Å². The number of aryl methyl sites for hydroxylation is 2. The molecule has 0 amide bonds. The molecule has 22 heavy (non-hydrogen) atoms. The van der Waals surface area contributed by atoms with Gasteiger partial charge in [-0.05, 0) is 55.3 Å². The molecular formula is C17H15N3O2. The van der Waals surface area contributed by atoms with Gasteiger partial charge in [0.15, 0.2) is 0 Å². The number of rotatable bonds is 3. The van der Waals surface area contributed by atoms with Crippen molar-refractivity contribution >= 4 is 5.97 Å². The van der Waals surface area contributed by atoms with Gasteiger partial charge in [-0.3, -0.25) is 0 Å². The zero-order valence-electron chi connectivity index (χ0n) is 12.3. The predicted octanol–water partition coefficient (Wildman–Crippen LogP) is 3.25. The van der Waals surface area contributed by atoms with Gasteiger partial charge in [0.2, 0.25) is 0 Å². The van der Waals surface area contributed by atoms with Crippen LogP contribution in [0.3, 0.4) is 0 Å². The van der Waals surface area contributed by atoms with E-state index in [-0.39, 0.29) is 5.56 Å². The molecule has 1 aromatic heterocycles. The Morgan fingerprint density at radius 3 is 2.41 bits per heavy atom. The molecule has 0 bridgehead atoms. The second-order valence-electron chi connectivity index (χ2n) is 5.18. The lowest BCUT2D eigenvalue weighted by atomic mass is 10.0. The van der Waals surface area contributed by atoms with E-state index in [9.17, 15) is 4.79 Å². The Hall–Kier alpha value is -2.95. The lowest BCUT2D eigenvalue weighted by Gasteiger charge is -2.08. The summed E-state index contributed by atoms with van der Waals surface area (Å²) in [5.74, 6) is -0.945. The summed E-state index contributed by atoms with van der Waals surface area (Å²) in [6.07, 6.45) is 1.70. The first-order valence-corrected chi connectivity index (χ1v) is 6.88. The SMILES string of the molecule is Cc1ccc(-c2cnnn2-c2ccc(C(=O)O)cc2)cc1C. The van der Waals surface area contributed by atoms with E-state index in [1.807, 2.05) is 6.07 Å². The second-order valence-corrected chi connectivity index (χ2v) is 5.18. The van der Waals surface area contributed by atoms with Crippen molar-refractivity contribution in [3.05, 3.63) is 65.4 Å². The molecule has 0 aliphatic rings. The average molecular weight is 293 g/mol. The van der Waals surface area contributed by atoms with Crippen LogP contribution in [0.4, 0.5) is 0 Å². The quantitative estimate of drug-likeness (QED) is 0.805. The van der Waals surface area contributed by atoms with E-state index in [0.29, 0.717) is 0 Å². The molecule has 2 aromatic carbocycles. The minimum atomic E-state index is -0.945. The minimum Gasteiger partial charge on any atom is -0.478 e. The highest BCUT2D eigenvalue weighted by Crippen LogP contribution is 2.23. The van der Waals surface area contributed by atoms with E-state index in [1.54, 1.807) is 35.1 Å². The fourth-order valence-corrected chi connectivity index (χ4v) is 2.27. The van der Waals surface area contributed by atoms with Gasteiger partial charge >= 0.3 is 5.97 Å². The van der Waals surface area contributed by atoms with Crippen molar-refractivity contribution in [1.82, 2.24) is 15.0 Å². The van der Waals surface area contributed by atoms with Crippen molar-refractivity contribution in [2.75, 3.05) is 0 Å². The number of aromatic nitrogens is 3. The van der Waals surface area contributed by atoms with Gasteiger partial charge in [0.05, 0.1) is 23.1 Å². The lowest BCUT2D eigenvalue weighted by Crippen LogP contribution is -2.01. The molecule has 3 rings (SSSR count). The Kier molecular flexibility index (Phi) is 3.47. The Labute approximate surface area is 127 Å². The topological polar surface area (TPSA) is 68.0 Å². The first-order chi connectivity index (χ1) is 10.6. The maximum Gasteiger partial charge on any atom is 0.335 e. The van der Waals surface area contributed by atoms with Gasteiger partial charge in [-0.2, -0.15) is 0 Å². The van der Waals surface area contributed by atoms with Crippen LogP contribution in [0.5, 0.6) is 0 Å². The van der Waals surface area contributed by atoms with E-state index in [0.717, 1.165) is 16.9 Å². The number of aromatic carboxylic acids is 1. The van der Waals surface area contributed by atoms with Crippen LogP contribution in [-0.2, 0) is 0 Å². The molecule has 0 spiro atoms. The van der Waals surface area contributed by atoms with Crippen molar-refractivity contribution in [3.63, 3.8) is 0 Å². The third kappa shape index (κ3) is 2.48. The van der Waals surface area contributed by atoms with Crippen molar-refractivity contribution in [2.45, 2.75) is 13.8 Å². The van der Waals surface area contributed by atoms with Crippen molar-refractivity contribution in [3.8, 4) is 16.9 Å². The molecule has 0 atom stereocenters. The van der Waals surface area contributed by atoms with E-state index in [4.69, 9.17) is 5.11 Å². The Morgan fingerprint density at radius 2 is 1.77 bits per heavy atom. The highest BCUT2D eigenvalue weighted by atomic mass is 16.4.